The van der Waals surface area contributed by atoms with Crippen molar-refractivity contribution in [2.45, 2.75) is 51.0 Å². The van der Waals surface area contributed by atoms with Crippen molar-refractivity contribution >= 4 is 0 Å². The fraction of sp³-hybridized carbons (Fsp3) is 0.667. The van der Waals surface area contributed by atoms with Gasteiger partial charge in [0.1, 0.15) is 0 Å². The van der Waals surface area contributed by atoms with E-state index in [2.05, 4.69) is 29.6 Å². The molecular formula is C18H25N. The molecule has 0 heterocycles. The lowest BCUT2D eigenvalue weighted by atomic mass is 9.84. The van der Waals surface area contributed by atoms with Crippen LogP contribution in [-0.4, -0.2) is 12.6 Å². The minimum absolute atomic E-state index is 0.799. The molecule has 1 nitrogen and oxygen atoms in total. The van der Waals surface area contributed by atoms with Crippen LogP contribution in [0.1, 0.15) is 43.2 Å². The highest BCUT2D eigenvalue weighted by Crippen LogP contribution is 2.40. The molecule has 1 aromatic rings. The van der Waals surface area contributed by atoms with Crippen molar-refractivity contribution in [1.82, 2.24) is 5.32 Å². The second-order valence-corrected chi connectivity index (χ2v) is 7.01. The van der Waals surface area contributed by atoms with E-state index in [0.717, 1.165) is 23.8 Å². The van der Waals surface area contributed by atoms with Gasteiger partial charge in [-0.3, -0.25) is 0 Å². The van der Waals surface area contributed by atoms with Crippen molar-refractivity contribution in [2.24, 2.45) is 17.8 Å². The average Bonchev–Trinajstić information content (AvgIpc) is 2.64. The van der Waals surface area contributed by atoms with Crippen LogP contribution in [0.2, 0.25) is 0 Å². The predicted octanol–water partition coefficient (Wildman–Crippen LogP) is 3.57. The molecule has 3 aliphatic rings. The van der Waals surface area contributed by atoms with Gasteiger partial charge in [-0.1, -0.05) is 30.7 Å². The minimum Gasteiger partial charge on any atom is -0.313 e. The predicted molar refractivity (Wildman–Crippen MR) is 79.2 cm³/mol. The third-order valence-corrected chi connectivity index (χ3v) is 5.87. The summed E-state index contributed by atoms with van der Waals surface area (Å²) in [6, 6.07) is 9.95. The first-order valence-corrected chi connectivity index (χ1v) is 8.20. The van der Waals surface area contributed by atoms with Gasteiger partial charge >= 0.3 is 0 Å². The van der Waals surface area contributed by atoms with Gasteiger partial charge in [0.25, 0.3) is 0 Å². The Kier molecular flexibility index (Phi) is 3.11. The molecule has 1 N–H and O–H groups in total. The summed E-state index contributed by atoms with van der Waals surface area (Å²) in [5, 5.41) is 3.96. The van der Waals surface area contributed by atoms with Gasteiger partial charge in [0.05, 0.1) is 0 Å². The zero-order valence-corrected chi connectivity index (χ0v) is 11.8. The molecule has 4 rings (SSSR count). The molecular weight excluding hydrogens is 230 g/mol. The van der Waals surface area contributed by atoms with Crippen LogP contribution in [0, 0.1) is 17.8 Å². The summed E-state index contributed by atoms with van der Waals surface area (Å²) in [7, 11) is 0. The Balaban J connectivity index is 1.49. The first kappa shape index (κ1) is 12.0. The monoisotopic (exact) mass is 255 g/mol. The Morgan fingerprint density at radius 2 is 1.53 bits per heavy atom. The number of rotatable bonds is 3. The van der Waals surface area contributed by atoms with Crippen LogP contribution in [0.25, 0.3) is 0 Å². The van der Waals surface area contributed by atoms with Crippen LogP contribution in [0.15, 0.2) is 24.3 Å². The quantitative estimate of drug-likeness (QED) is 0.870. The highest BCUT2D eigenvalue weighted by molar-refractivity contribution is 5.30. The molecule has 2 unspecified atom stereocenters. The number of fused-ring (bicyclic) bond motifs is 3. The zero-order chi connectivity index (χ0) is 12.7. The van der Waals surface area contributed by atoms with Crippen LogP contribution in [0.4, 0.5) is 0 Å². The second-order valence-electron chi connectivity index (χ2n) is 7.01. The highest BCUT2D eigenvalue weighted by Gasteiger charge is 2.38. The van der Waals surface area contributed by atoms with Crippen molar-refractivity contribution < 1.29 is 0 Å². The van der Waals surface area contributed by atoms with Crippen LogP contribution in [0.5, 0.6) is 0 Å². The van der Waals surface area contributed by atoms with E-state index in [4.69, 9.17) is 0 Å². The van der Waals surface area contributed by atoms with Gasteiger partial charge in [-0.15, -0.1) is 0 Å². The van der Waals surface area contributed by atoms with Gasteiger partial charge in [-0.2, -0.15) is 0 Å². The molecule has 0 saturated heterocycles. The van der Waals surface area contributed by atoms with Crippen molar-refractivity contribution in [3.63, 3.8) is 0 Å². The van der Waals surface area contributed by atoms with E-state index in [-0.39, 0.29) is 0 Å². The maximum Gasteiger partial charge on any atom is 0.0130 e. The van der Waals surface area contributed by atoms with E-state index in [0.29, 0.717) is 0 Å². The Morgan fingerprint density at radius 1 is 0.895 bits per heavy atom. The first-order chi connectivity index (χ1) is 9.40. The van der Waals surface area contributed by atoms with Crippen LogP contribution >= 0.6 is 0 Å². The summed E-state index contributed by atoms with van der Waals surface area (Å²) in [4.78, 5) is 0. The Labute approximate surface area is 116 Å². The van der Waals surface area contributed by atoms with Gasteiger partial charge in [0, 0.05) is 6.04 Å². The maximum absolute atomic E-state index is 3.96. The van der Waals surface area contributed by atoms with Crippen LogP contribution in [-0.2, 0) is 12.8 Å². The van der Waals surface area contributed by atoms with Crippen LogP contribution < -0.4 is 5.32 Å². The molecule has 102 valence electrons. The number of hydrogen-bond acceptors (Lipinski definition) is 1. The molecule has 19 heavy (non-hydrogen) atoms. The SMILES string of the molecule is c1ccc2c(c1)CC1CCC(C2)C1NCC1CCC1. The molecule has 0 aliphatic heterocycles. The van der Waals surface area contributed by atoms with Gasteiger partial charge in [-0.25, -0.2) is 0 Å². The second kappa shape index (κ2) is 4.94. The highest BCUT2D eigenvalue weighted by atomic mass is 14.9. The summed E-state index contributed by atoms with van der Waals surface area (Å²) in [6.45, 7) is 1.29. The first-order valence-electron chi connectivity index (χ1n) is 8.20. The molecule has 0 radical (unpaired) electrons. The van der Waals surface area contributed by atoms with Crippen LogP contribution in [0.3, 0.4) is 0 Å². The van der Waals surface area contributed by atoms with Crippen molar-refractivity contribution in [3.05, 3.63) is 35.4 Å². The van der Waals surface area contributed by atoms with Crippen molar-refractivity contribution in [1.29, 1.82) is 0 Å². The van der Waals surface area contributed by atoms with E-state index in [9.17, 15) is 0 Å². The third-order valence-electron chi connectivity index (χ3n) is 5.87. The summed E-state index contributed by atoms with van der Waals surface area (Å²) in [5.41, 5.74) is 3.26. The minimum atomic E-state index is 0.799. The van der Waals surface area contributed by atoms with Gasteiger partial charge in [0.15, 0.2) is 0 Å². The smallest absolute Gasteiger partial charge is 0.0130 e. The molecule has 2 fully saturated rings. The molecule has 3 aliphatic carbocycles. The number of benzene rings is 1. The molecule has 2 atom stereocenters. The summed E-state index contributed by atoms with van der Waals surface area (Å²) in [6.07, 6.45) is 9.92. The molecule has 1 aromatic carbocycles. The summed E-state index contributed by atoms with van der Waals surface area (Å²) in [5.74, 6) is 2.78. The van der Waals surface area contributed by atoms with E-state index in [1.54, 1.807) is 11.1 Å². The molecule has 2 bridgehead atoms. The van der Waals surface area contributed by atoms with Gasteiger partial charge in [0.2, 0.25) is 0 Å². The third kappa shape index (κ3) is 2.23. The van der Waals surface area contributed by atoms with E-state index in [1.165, 1.54) is 51.5 Å². The van der Waals surface area contributed by atoms with Gasteiger partial charge < -0.3 is 5.32 Å². The zero-order valence-electron chi connectivity index (χ0n) is 11.8. The summed E-state index contributed by atoms with van der Waals surface area (Å²) < 4.78 is 0. The Morgan fingerprint density at radius 3 is 2.05 bits per heavy atom. The molecule has 0 spiro atoms. The molecule has 1 heteroatoms. The topological polar surface area (TPSA) is 12.0 Å². The lowest BCUT2D eigenvalue weighted by molar-refractivity contribution is 0.256. The Hall–Kier alpha value is -0.820. The molecule has 0 aromatic heterocycles. The largest absolute Gasteiger partial charge is 0.313 e. The van der Waals surface area contributed by atoms with Gasteiger partial charge in [-0.05, 0) is 74.0 Å². The van der Waals surface area contributed by atoms with Crippen molar-refractivity contribution in [2.75, 3.05) is 6.54 Å². The number of nitrogens with one attached hydrogen (secondary N) is 1. The number of hydrogen-bond donors (Lipinski definition) is 1. The lowest BCUT2D eigenvalue weighted by Crippen LogP contribution is -2.41. The fourth-order valence-corrected chi connectivity index (χ4v) is 4.48. The van der Waals surface area contributed by atoms with E-state index in [1.807, 2.05) is 0 Å². The summed E-state index contributed by atoms with van der Waals surface area (Å²) >= 11 is 0. The Bertz CT molecular complexity index is 416. The van der Waals surface area contributed by atoms with E-state index < -0.39 is 0 Å². The van der Waals surface area contributed by atoms with E-state index >= 15 is 0 Å². The normalized spacial score (nSPS) is 33.6. The molecule has 0 amide bonds. The molecule has 2 saturated carbocycles. The average molecular weight is 255 g/mol. The maximum atomic E-state index is 3.96. The lowest BCUT2D eigenvalue weighted by Gasteiger charge is -2.30. The van der Waals surface area contributed by atoms with Crippen molar-refractivity contribution in [3.8, 4) is 0 Å². The fourth-order valence-electron chi connectivity index (χ4n) is 4.48. The standard InChI is InChI=1S/C18H25N/c1-2-7-15-11-17-9-8-16(10-14(15)6-1)18(17)19-12-13-4-3-5-13/h1-2,6-7,13,16-19H,3-5,8-12H2.